The van der Waals surface area contributed by atoms with Crippen LogP contribution in [0.5, 0.6) is 0 Å². The highest BCUT2D eigenvalue weighted by molar-refractivity contribution is 6.32. The Morgan fingerprint density at radius 1 is 0.864 bits per heavy atom. The molecule has 0 radical (unpaired) electrons. The highest BCUT2D eigenvalue weighted by atomic mass is 35.5. The summed E-state index contributed by atoms with van der Waals surface area (Å²) in [6.45, 7) is 6.48. The van der Waals surface area contributed by atoms with E-state index in [4.69, 9.17) is 16.7 Å². The van der Waals surface area contributed by atoms with Gasteiger partial charge in [0.1, 0.15) is 12.1 Å². The Kier molecular flexibility index (Phi) is 11.4. The molecule has 1 saturated carbocycles. The van der Waals surface area contributed by atoms with Gasteiger partial charge in [0.15, 0.2) is 0 Å². The Morgan fingerprint density at radius 2 is 1.56 bits per heavy atom. The van der Waals surface area contributed by atoms with Crippen LogP contribution in [0.3, 0.4) is 0 Å². The fraction of sp³-hybridized carbons (Fsp3) is 0.375. The monoisotopic (exact) mass is 804 g/mol. The Hall–Kier alpha value is -6.15. The van der Waals surface area contributed by atoms with Crippen LogP contribution < -0.4 is 5.32 Å². The molecule has 1 N–H and O–H groups in total. The van der Waals surface area contributed by atoms with Crippen LogP contribution in [0, 0.1) is 66.6 Å². The molecule has 0 bridgehead atoms. The molecule has 0 spiro atoms. The summed E-state index contributed by atoms with van der Waals surface area (Å²) in [5.41, 5.74) is 8.62. The number of nitrogens with one attached hydrogen (secondary N) is 1. The number of halogens is 1. The number of carbonyl (C=O) groups is 4. The van der Waals surface area contributed by atoms with Crippen LogP contribution in [0.1, 0.15) is 101 Å². The molecule has 8 rings (SSSR count). The zero-order chi connectivity index (χ0) is 41.2. The third-order valence-electron chi connectivity index (χ3n) is 12.4. The van der Waals surface area contributed by atoms with Gasteiger partial charge in [-0.05, 0) is 112 Å². The van der Waals surface area contributed by atoms with Gasteiger partial charge >= 0.3 is 0 Å². The summed E-state index contributed by atoms with van der Waals surface area (Å²) in [5.74, 6) is 13.3. The van der Waals surface area contributed by atoms with Crippen molar-refractivity contribution in [2.75, 3.05) is 13.1 Å². The van der Waals surface area contributed by atoms with E-state index in [1.165, 1.54) is 0 Å². The van der Waals surface area contributed by atoms with E-state index in [0.717, 1.165) is 83.3 Å². The van der Waals surface area contributed by atoms with Gasteiger partial charge in [0, 0.05) is 71.8 Å². The molecule has 3 fully saturated rings. The number of hydrogen-bond donors (Lipinski definition) is 1. The van der Waals surface area contributed by atoms with Crippen LogP contribution in [0.4, 0.5) is 0 Å². The van der Waals surface area contributed by atoms with Crippen LogP contribution in [-0.4, -0.2) is 62.3 Å². The van der Waals surface area contributed by atoms with Crippen molar-refractivity contribution in [3.63, 3.8) is 0 Å². The van der Waals surface area contributed by atoms with Crippen molar-refractivity contribution < 1.29 is 19.2 Å². The number of nitrogens with zero attached hydrogens (tertiary/aromatic N) is 5. The first kappa shape index (κ1) is 39.7. The first-order valence-electron chi connectivity index (χ1n) is 20.5. The number of rotatable bonds is 5. The molecule has 4 amide bonds. The van der Waals surface area contributed by atoms with Crippen molar-refractivity contribution >= 4 is 35.2 Å². The van der Waals surface area contributed by atoms with Gasteiger partial charge in [0.05, 0.1) is 22.8 Å². The summed E-state index contributed by atoms with van der Waals surface area (Å²) in [7, 11) is 0. The average molecular weight is 805 g/mol. The number of carbonyl (C=O) groups excluding carboxylic acids is 4. The molecule has 4 heterocycles. The quantitative estimate of drug-likeness (QED) is 0.172. The van der Waals surface area contributed by atoms with Crippen LogP contribution >= 0.6 is 11.6 Å². The predicted octanol–water partition coefficient (Wildman–Crippen LogP) is 6.95. The van der Waals surface area contributed by atoms with E-state index in [-0.39, 0.29) is 41.9 Å². The van der Waals surface area contributed by atoms with Crippen molar-refractivity contribution in [3.8, 4) is 41.0 Å². The smallest absolute Gasteiger partial charge is 0.255 e. The third kappa shape index (κ3) is 8.54. The van der Waals surface area contributed by atoms with E-state index in [0.29, 0.717) is 48.7 Å². The summed E-state index contributed by atoms with van der Waals surface area (Å²) in [6.07, 6.45) is 5.75. The normalized spacial score (nSPS) is 20.5. The minimum atomic E-state index is -0.635. The average Bonchev–Trinajstić information content (AvgIpc) is 3.72. The number of benzene rings is 3. The molecule has 1 aliphatic carbocycles. The Balaban J connectivity index is 0.787. The lowest BCUT2D eigenvalue weighted by molar-refractivity contribution is -0.138. The standard InChI is InChI=1S/C48H45ClN6O4/c1-30-31(2)55(52-45(30)38-17-18-39(27-50)42(49)26-38)28-36-9-6-32(7-10-36)3-4-33-11-14-37(15-12-33)47(58)53-23-21-34(22-24-53)5-8-35-13-16-40-29-54(48(59)41(40)25-35)43-19-20-44(56)51-46(43)57/h6-7,9-10,13,16-18,25-26,33-34,37,43H,11-12,14-15,19-24,28-29H2,1-2H3,(H,51,56,57). The molecular formula is C48H45ClN6O4. The molecule has 59 heavy (non-hydrogen) atoms. The number of amides is 4. The van der Waals surface area contributed by atoms with Crippen molar-refractivity contribution in [1.82, 2.24) is 24.9 Å². The molecular weight excluding hydrogens is 760 g/mol. The SMILES string of the molecule is Cc1c(-c2ccc(C#N)c(Cl)c2)nn(Cc2ccc(C#CC3CCC(C(=O)N4CCC(C#Cc5ccc6c(c5)C(=O)N(C5CCC(=O)NC5=O)C6)CC4)CC3)cc2)c1C. The molecule has 11 heteroatoms. The lowest BCUT2D eigenvalue weighted by Gasteiger charge is -2.34. The number of imide groups is 1. The Morgan fingerprint density at radius 3 is 2.25 bits per heavy atom. The maximum Gasteiger partial charge on any atom is 0.255 e. The molecule has 298 valence electrons. The van der Waals surface area contributed by atoms with E-state index in [1.807, 2.05) is 33.8 Å². The van der Waals surface area contributed by atoms with Gasteiger partial charge in [-0.1, -0.05) is 59.5 Å². The van der Waals surface area contributed by atoms with Crippen LogP contribution in [-0.2, 0) is 27.5 Å². The second-order valence-corrected chi connectivity index (χ2v) is 16.6. The van der Waals surface area contributed by atoms with Crippen LogP contribution in [0.15, 0.2) is 60.7 Å². The largest absolute Gasteiger partial charge is 0.342 e. The third-order valence-corrected chi connectivity index (χ3v) is 12.7. The lowest BCUT2D eigenvalue weighted by atomic mass is 9.81. The summed E-state index contributed by atoms with van der Waals surface area (Å²) in [6, 6.07) is 20.8. The van der Waals surface area contributed by atoms with Crippen molar-refractivity contribution in [3.05, 3.63) is 110 Å². The van der Waals surface area contributed by atoms with Crippen LogP contribution in [0.2, 0.25) is 5.02 Å². The number of aromatic nitrogens is 2. The first-order chi connectivity index (χ1) is 28.5. The Labute approximate surface area is 349 Å². The van der Waals surface area contributed by atoms with E-state index >= 15 is 0 Å². The fourth-order valence-corrected chi connectivity index (χ4v) is 8.90. The number of piperidine rings is 2. The minimum Gasteiger partial charge on any atom is -0.342 e. The molecule has 1 atom stereocenters. The van der Waals surface area contributed by atoms with E-state index in [9.17, 15) is 24.4 Å². The zero-order valence-corrected chi connectivity index (χ0v) is 34.1. The van der Waals surface area contributed by atoms with Gasteiger partial charge in [-0.25, -0.2) is 0 Å². The van der Waals surface area contributed by atoms with Crippen LogP contribution in [0.25, 0.3) is 11.3 Å². The highest BCUT2D eigenvalue weighted by Crippen LogP contribution is 2.33. The zero-order valence-electron chi connectivity index (χ0n) is 33.3. The minimum absolute atomic E-state index is 0.0439. The molecule has 4 aliphatic rings. The summed E-state index contributed by atoms with van der Waals surface area (Å²) < 4.78 is 2.00. The highest BCUT2D eigenvalue weighted by Gasteiger charge is 2.39. The van der Waals surface area contributed by atoms with Gasteiger partial charge in [0.25, 0.3) is 5.91 Å². The summed E-state index contributed by atoms with van der Waals surface area (Å²) in [4.78, 5) is 54.2. The number of fused-ring (bicyclic) bond motifs is 1. The molecule has 1 aromatic heterocycles. The van der Waals surface area contributed by atoms with Crippen molar-refractivity contribution in [2.45, 2.75) is 84.3 Å². The molecule has 3 aromatic carbocycles. The number of hydrogen-bond acceptors (Lipinski definition) is 6. The number of likely N-dealkylation sites (tertiary alicyclic amines) is 1. The first-order valence-corrected chi connectivity index (χ1v) is 20.8. The molecule has 4 aromatic rings. The van der Waals surface area contributed by atoms with Crippen molar-refractivity contribution in [2.24, 2.45) is 17.8 Å². The van der Waals surface area contributed by atoms with Gasteiger partial charge in [0.2, 0.25) is 17.7 Å². The van der Waals surface area contributed by atoms with Crippen molar-refractivity contribution in [1.29, 1.82) is 5.26 Å². The lowest BCUT2D eigenvalue weighted by Crippen LogP contribution is -2.52. The predicted molar refractivity (Wildman–Crippen MR) is 223 cm³/mol. The van der Waals surface area contributed by atoms with E-state index in [1.54, 1.807) is 17.0 Å². The topological polar surface area (TPSA) is 128 Å². The molecule has 1 unspecified atom stereocenters. The van der Waals surface area contributed by atoms with Gasteiger partial charge in [-0.15, -0.1) is 0 Å². The summed E-state index contributed by atoms with van der Waals surface area (Å²) >= 11 is 6.30. The maximum atomic E-state index is 13.5. The summed E-state index contributed by atoms with van der Waals surface area (Å²) in [5, 5.41) is 16.9. The second-order valence-electron chi connectivity index (χ2n) is 16.2. The van der Waals surface area contributed by atoms with Gasteiger partial charge in [-0.2, -0.15) is 10.4 Å². The van der Waals surface area contributed by atoms with E-state index < -0.39 is 11.9 Å². The Bertz CT molecular complexity index is 2510. The van der Waals surface area contributed by atoms with Gasteiger partial charge in [-0.3, -0.25) is 29.2 Å². The molecule has 3 aliphatic heterocycles. The second kappa shape index (κ2) is 17.0. The van der Waals surface area contributed by atoms with Gasteiger partial charge < -0.3 is 9.80 Å². The molecule has 10 nitrogen and oxygen atoms in total. The van der Waals surface area contributed by atoms with E-state index in [2.05, 4.69) is 73.2 Å². The maximum absolute atomic E-state index is 13.5. The molecule has 2 saturated heterocycles. The number of nitriles is 1. The fourth-order valence-electron chi connectivity index (χ4n) is 8.67.